The minimum absolute atomic E-state index is 0.0276. The second kappa shape index (κ2) is 9.17. The third-order valence-electron chi connectivity index (χ3n) is 4.54. The van der Waals surface area contributed by atoms with E-state index in [4.69, 9.17) is 4.74 Å². The number of methoxy groups -OCH3 is 1. The molecule has 0 saturated carbocycles. The van der Waals surface area contributed by atoms with Gasteiger partial charge in [0.1, 0.15) is 11.3 Å². The van der Waals surface area contributed by atoms with Gasteiger partial charge >= 0.3 is 0 Å². The summed E-state index contributed by atoms with van der Waals surface area (Å²) < 4.78 is 5.08. The topological polar surface area (TPSA) is 102 Å². The van der Waals surface area contributed by atoms with Crippen molar-refractivity contribution in [1.29, 1.82) is 0 Å². The van der Waals surface area contributed by atoms with Crippen LogP contribution in [-0.2, 0) is 4.79 Å². The molecule has 1 N–H and O–H groups in total. The maximum Gasteiger partial charge on any atom is 0.282 e. The normalized spacial score (nSPS) is 14.8. The second-order valence-corrected chi connectivity index (χ2v) is 6.38. The fourth-order valence-corrected chi connectivity index (χ4v) is 3.01. The number of hydrogen-bond donors (Lipinski definition) is 1. The van der Waals surface area contributed by atoms with Crippen LogP contribution in [0.3, 0.4) is 0 Å². The van der Waals surface area contributed by atoms with Crippen molar-refractivity contribution in [3.8, 4) is 5.75 Å². The summed E-state index contributed by atoms with van der Waals surface area (Å²) in [5.74, 6) is 0.0587. The van der Waals surface area contributed by atoms with Crippen LogP contribution in [0.25, 0.3) is 0 Å². The molecule has 0 aromatic heterocycles. The van der Waals surface area contributed by atoms with E-state index in [1.807, 2.05) is 6.92 Å². The van der Waals surface area contributed by atoms with Gasteiger partial charge in [-0.3, -0.25) is 19.7 Å². The summed E-state index contributed by atoms with van der Waals surface area (Å²) in [6.45, 7) is 2.94. The lowest BCUT2D eigenvalue weighted by Gasteiger charge is -2.32. The largest absolute Gasteiger partial charge is 0.497 e. The number of nitrogens with zero attached hydrogens (tertiary/aromatic N) is 2. The van der Waals surface area contributed by atoms with E-state index in [1.54, 1.807) is 4.90 Å². The van der Waals surface area contributed by atoms with Gasteiger partial charge in [-0.05, 0) is 31.4 Å². The molecule has 1 saturated heterocycles. The Labute approximate surface area is 152 Å². The van der Waals surface area contributed by atoms with Gasteiger partial charge in [-0.2, -0.15) is 0 Å². The first-order valence-corrected chi connectivity index (χ1v) is 8.87. The van der Waals surface area contributed by atoms with Gasteiger partial charge in [0.15, 0.2) is 0 Å². The van der Waals surface area contributed by atoms with E-state index in [0.717, 1.165) is 12.8 Å². The molecule has 0 radical (unpaired) electrons. The standard InChI is InChI=1S/C18H25N3O5/c1-3-4-5-17(22)19-13-8-10-20(11-9-13)18(23)15-12-14(26-2)6-7-16(15)21(24)25/h6-7,12-13H,3-5,8-11H2,1-2H3,(H,19,22). The van der Waals surface area contributed by atoms with Gasteiger partial charge < -0.3 is 15.0 Å². The predicted molar refractivity (Wildman–Crippen MR) is 96.2 cm³/mol. The first kappa shape index (κ1) is 19.7. The zero-order valence-corrected chi connectivity index (χ0v) is 15.2. The molecule has 1 fully saturated rings. The lowest BCUT2D eigenvalue weighted by atomic mass is 10.0. The van der Waals surface area contributed by atoms with Gasteiger partial charge in [-0.25, -0.2) is 0 Å². The highest BCUT2D eigenvalue weighted by Gasteiger charge is 2.29. The monoisotopic (exact) mass is 363 g/mol. The van der Waals surface area contributed by atoms with Gasteiger partial charge in [0.05, 0.1) is 12.0 Å². The molecule has 8 heteroatoms. The highest BCUT2D eigenvalue weighted by Crippen LogP contribution is 2.26. The molecular weight excluding hydrogens is 338 g/mol. The lowest BCUT2D eigenvalue weighted by molar-refractivity contribution is -0.385. The average Bonchev–Trinajstić information content (AvgIpc) is 2.65. The highest BCUT2D eigenvalue weighted by atomic mass is 16.6. The SMILES string of the molecule is CCCCC(=O)NC1CCN(C(=O)c2cc(OC)ccc2[N+](=O)[O-])CC1. The summed E-state index contributed by atoms with van der Waals surface area (Å²) in [5, 5.41) is 14.2. The van der Waals surface area contributed by atoms with Crippen LogP contribution in [0.5, 0.6) is 5.75 Å². The molecule has 0 unspecified atom stereocenters. The van der Waals surface area contributed by atoms with E-state index in [2.05, 4.69) is 5.32 Å². The van der Waals surface area contributed by atoms with Gasteiger partial charge in [-0.1, -0.05) is 13.3 Å². The summed E-state index contributed by atoms with van der Waals surface area (Å²) in [7, 11) is 1.45. The molecule has 1 aliphatic heterocycles. The Morgan fingerprint density at radius 2 is 2.04 bits per heavy atom. The van der Waals surface area contributed by atoms with E-state index in [-0.39, 0.29) is 29.1 Å². The molecule has 142 valence electrons. The molecule has 1 aromatic carbocycles. The maximum atomic E-state index is 12.7. The fraction of sp³-hybridized carbons (Fsp3) is 0.556. The van der Waals surface area contributed by atoms with Crippen molar-refractivity contribution in [2.45, 2.75) is 45.1 Å². The number of piperidine rings is 1. The summed E-state index contributed by atoms with van der Waals surface area (Å²) in [5.41, 5.74) is -0.203. The van der Waals surface area contributed by atoms with Crippen molar-refractivity contribution < 1.29 is 19.2 Å². The van der Waals surface area contributed by atoms with Crippen LogP contribution in [0.4, 0.5) is 5.69 Å². The van der Waals surface area contributed by atoms with Crippen molar-refractivity contribution in [2.24, 2.45) is 0 Å². The van der Waals surface area contributed by atoms with Crippen molar-refractivity contribution >= 4 is 17.5 Å². The summed E-state index contributed by atoms with van der Waals surface area (Å²) >= 11 is 0. The maximum absolute atomic E-state index is 12.7. The van der Waals surface area contributed by atoms with Gasteiger partial charge in [-0.15, -0.1) is 0 Å². The first-order valence-electron chi connectivity index (χ1n) is 8.87. The molecule has 2 amide bonds. The lowest BCUT2D eigenvalue weighted by Crippen LogP contribution is -2.46. The molecule has 1 aliphatic rings. The first-order chi connectivity index (χ1) is 12.5. The quantitative estimate of drug-likeness (QED) is 0.592. The minimum atomic E-state index is -0.562. The number of benzene rings is 1. The zero-order chi connectivity index (χ0) is 19.1. The number of hydrogen-bond acceptors (Lipinski definition) is 5. The molecule has 8 nitrogen and oxygen atoms in total. The Balaban J connectivity index is 2.00. The highest BCUT2D eigenvalue weighted by molar-refractivity contribution is 5.98. The number of unbranched alkanes of at least 4 members (excludes halogenated alkanes) is 1. The number of carbonyl (C=O) groups is 2. The molecule has 0 bridgehead atoms. The van der Waals surface area contributed by atoms with E-state index >= 15 is 0 Å². The number of rotatable bonds is 7. The second-order valence-electron chi connectivity index (χ2n) is 6.38. The van der Waals surface area contributed by atoms with Crippen LogP contribution in [-0.4, -0.2) is 47.9 Å². The van der Waals surface area contributed by atoms with Crippen LogP contribution in [0.2, 0.25) is 0 Å². The van der Waals surface area contributed by atoms with E-state index in [1.165, 1.54) is 25.3 Å². The number of nitro groups is 1. The molecule has 0 atom stereocenters. The summed E-state index contributed by atoms with van der Waals surface area (Å²) in [6, 6.07) is 4.20. The van der Waals surface area contributed by atoms with Crippen LogP contribution in [0.1, 0.15) is 49.4 Å². The zero-order valence-electron chi connectivity index (χ0n) is 15.2. The predicted octanol–water partition coefficient (Wildman–Crippen LogP) is 2.51. The molecular formula is C18H25N3O5. The van der Waals surface area contributed by atoms with Crippen molar-refractivity contribution in [2.75, 3.05) is 20.2 Å². The smallest absolute Gasteiger partial charge is 0.282 e. The Kier molecular flexibility index (Phi) is 6.94. The molecule has 26 heavy (non-hydrogen) atoms. The summed E-state index contributed by atoms with van der Waals surface area (Å²) in [4.78, 5) is 36.8. The Morgan fingerprint density at radius 1 is 1.35 bits per heavy atom. The van der Waals surface area contributed by atoms with E-state index in [0.29, 0.717) is 38.1 Å². The number of nitrogens with one attached hydrogen (secondary N) is 1. The molecule has 2 rings (SSSR count). The van der Waals surface area contributed by atoms with Crippen LogP contribution >= 0.6 is 0 Å². The number of nitro benzene ring substituents is 1. The van der Waals surface area contributed by atoms with E-state index in [9.17, 15) is 19.7 Å². The number of ether oxygens (including phenoxy) is 1. The van der Waals surface area contributed by atoms with Crippen molar-refractivity contribution in [3.63, 3.8) is 0 Å². The number of likely N-dealkylation sites (tertiary alicyclic amines) is 1. The third-order valence-corrected chi connectivity index (χ3v) is 4.54. The Hall–Kier alpha value is -2.64. The van der Waals surface area contributed by atoms with Crippen molar-refractivity contribution in [1.82, 2.24) is 10.2 Å². The van der Waals surface area contributed by atoms with Crippen LogP contribution < -0.4 is 10.1 Å². The third kappa shape index (κ3) is 4.93. The fourth-order valence-electron chi connectivity index (χ4n) is 3.01. The molecule has 1 heterocycles. The number of amides is 2. The molecule has 0 spiro atoms. The van der Waals surface area contributed by atoms with Crippen LogP contribution in [0, 0.1) is 10.1 Å². The van der Waals surface area contributed by atoms with Gasteiger partial charge in [0.2, 0.25) is 5.91 Å². The van der Waals surface area contributed by atoms with Gasteiger partial charge in [0, 0.05) is 31.6 Å². The Bertz CT molecular complexity index is 669. The molecule has 0 aliphatic carbocycles. The van der Waals surface area contributed by atoms with Crippen LogP contribution in [0.15, 0.2) is 18.2 Å². The van der Waals surface area contributed by atoms with Gasteiger partial charge in [0.25, 0.3) is 11.6 Å². The van der Waals surface area contributed by atoms with Crippen molar-refractivity contribution in [3.05, 3.63) is 33.9 Å². The molecule has 1 aromatic rings. The Morgan fingerprint density at radius 3 is 2.62 bits per heavy atom. The number of carbonyl (C=O) groups excluding carboxylic acids is 2. The minimum Gasteiger partial charge on any atom is -0.497 e. The van der Waals surface area contributed by atoms with E-state index < -0.39 is 4.92 Å². The summed E-state index contributed by atoms with van der Waals surface area (Å²) in [6.07, 6.45) is 3.64. The average molecular weight is 363 g/mol.